The number of hydrogen-bond donors (Lipinski definition) is 4. The third-order valence-corrected chi connectivity index (χ3v) is 7.12. The van der Waals surface area contributed by atoms with Crippen molar-refractivity contribution in [1.29, 1.82) is 0 Å². The van der Waals surface area contributed by atoms with Crippen molar-refractivity contribution in [1.82, 2.24) is 25.6 Å². The molecule has 0 saturated heterocycles. The summed E-state index contributed by atoms with van der Waals surface area (Å²) in [6, 6.07) is 9.87. The third-order valence-electron chi connectivity index (χ3n) is 7.12. The van der Waals surface area contributed by atoms with Crippen molar-refractivity contribution in [3.05, 3.63) is 65.1 Å². The summed E-state index contributed by atoms with van der Waals surface area (Å²) in [4.78, 5) is 26.4. The average Bonchev–Trinajstić information content (AvgIpc) is 3.65. The van der Waals surface area contributed by atoms with E-state index >= 15 is 0 Å². The van der Waals surface area contributed by atoms with Gasteiger partial charge >= 0.3 is 0 Å². The second-order valence-electron chi connectivity index (χ2n) is 10.9. The lowest BCUT2D eigenvalue weighted by atomic mass is 9.85. The summed E-state index contributed by atoms with van der Waals surface area (Å²) in [5.41, 5.74) is 4.62. The van der Waals surface area contributed by atoms with E-state index in [1.165, 1.54) is 17.3 Å². The number of carbonyl (C=O) groups is 1. The Balaban J connectivity index is 1.44. The van der Waals surface area contributed by atoms with Crippen LogP contribution in [0.15, 0.2) is 42.7 Å². The molecule has 2 aliphatic rings. The van der Waals surface area contributed by atoms with E-state index in [1.807, 2.05) is 26.0 Å². The fourth-order valence-corrected chi connectivity index (χ4v) is 4.81. The first-order valence-corrected chi connectivity index (χ1v) is 12.8. The fourth-order valence-electron chi connectivity index (χ4n) is 4.81. The number of halogens is 1. The van der Waals surface area contributed by atoms with E-state index in [0.29, 0.717) is 28.7 Å². The third kappa shape index (κ3) is 5.27. The molecule has 4 N–H and O–H groups in total. The molecule has 5 rings (SSSR count). The van der Waals surface area contributed by atoms with Gasteiger partial charge in [0.1, 0.15) is 18.1 Å². The smallest absolute Gasteiger partial charge is 0.256 e. The lowest BCUT2D eigenvalue weighted by Gasteiger charge is -2.34. The van der Waals surface area contributed by atoms with E-state index in [1.54, 1.807) is 12.3 Å². The van der Waals surface area contributed by atoms with Gasteiger partial charge in [-0.05, 0) is 88.9 Å². The highest BCUT2D eigenvalue weighted by molar-refractivity contribution is 5.99. The van der Waals surface area contributed by atoms with Gasteiger partial charge in [-0.3, -0.25) is 14.2 Å². The molecule has 1 saturated carbocycles. The fraction of sp³-hybridized carbons (Fsp3) is 0.429. The molecule has 1 amide bonds. The standard InChI is InChI=1S/C28H34FN7O/c1-17(2)33-25(37)21-15-31-26(35-19-5-6-22-18(13-19)7-12-32-27(22,3)4)36-24(21)34-20-8-11-30-23(14-20)28(16-29)9-10-28/h5-6,8,11,13-15,17,32H,7,9-10,12,16H2,1-4H3,(H,33,37)(H2,30,31,34,35,36). The molecule has 1 aliphatic heterocycles. The van der Waals surface area contributed by atoms with Gasteiger partial charge in [-0.25, -0.2) is 4.98 Å². The van der Waals surface area contributed by atoms with Crippen LogP contribution < -0.4 is 21.3 Å². The van der Waals surface area contributed by atoms with Gasteiger partial charge in [0.2, 0.25) is 5.95 Å². The Morgan fingerprint density at radius 3 is 2.62 bits per heavy atom. The summed E-state index contributed by atoms with van der Waals surface area (Å²) in [6.45, 7) is 8.66. The van der Waals surface area contributed by atoms with E-state index in [0.717, 1.165) is 31.5 Å². The average molecular weight is 504 g/mol. The van der Waals surface area contributed by atoms with Crippen molar-refractivity contribution < 1.29 is 9.18 Å². The number of nitrogens with zero attached hydrogens (tertiary/aromatic N) is 3. The quantitative estimate of drug-likeness (QED) is 0.347. The van der Waals surface area contributed by atoms with Gasteiger partial charge < -0.3 is 21.3 Å². The van der Waals surface area contributed by atoms with Crippen LogP contribution in [0.4, 0.5) is 27.5 Å². The highest BCUT2D eigenvalue weighted by atomic mass is 19.1. The van der Waals surface area contributed by atoms with Gasteiger partial charge in [-0.2, -0.15) is 4.98 Å². The minimum Gasteiger partial charge on any atom is -0.350 e. The Kier molecular flexibility index (Phi) is 6.58. The van der Waals surface area contributed by atoms with E-state index in [2.05, 4.69) is 62.2 Å². The molecular weight excluding hydrogens is 469 g/mol. The molecule has 1 fully saturated rings. The number of aromatic nitrogens is 3. The Labute approximate surface area is 216 Å². The van der Waals surface area contributed by atoms with Gasteiger partial charge in [0, 0.05) is 40.8 Å². The highest BCUT2D eigenvalue weighted by Crippen LogP contribution is 2.48. The summed E-state index contributed by atoms with van der Waals surface area (Å²) >= 11 is 0. The van der Waals surface area contributed by atoms with Crippen LogP contribution in [-0.2, 0) is 17.4 Å². The summed E-state index contributed by atoms with van der Waals surface area (Å²) in [6.07, 6.45) is 5.70. The number of nitrogens with one attached hydrogen (secondary N) is 4. The summed E-state index contributed by atoms with van der Waals surface area (Å²) < 4.78 is 13.6. The summed E-state index contributed by atoms with van der Waals surface area (Å²) in [5.74, 6) is 0.457. The van der Waals surface area contributed by atoms with E-state index in [-0.39, 0.29) is 17.5 Å². The molecule has 3 heterocycles. The normalized spacial score (nSPS) is 17.1. The molecule has 2 aromatic heterocycles. The van der Waals surface area contributed by atoms with Crippen LogP contribution in [0.1, 0.15) is 67.7 Å². The van der Waals surface area contributed by atoms with Crippen molar-refractivity contribution >= 4 is 29.0 Å². The zero-order chi connectivity index (χ0) is 26.2. The molecule has 1 aromatic carbocycles. The van der Waals surface area contributed by atoms with Gasteiger partial charge in [0.05, 0.1) is 5.69 Å². The number of alkyl halides is 1. The maximum atomic E-state index is 13.6. The second kappa shape index (κ2) is 9.70. The first kappa shape index (κ1) is 25.1. The number of carbonyl (C=O) groups excluding carboxylic acids is 1. The topological polar surface area (TPSA) is 104 Å². The van der Waals surface area contributed by atoms with Crippen LogP contribution in [-0.4, -0.2) is 40.1 Å². The second-order valence-corrected chi connectivity index (χ2v) is 10.9. The number of fused-ring (bicyclic) bond motifs is 1. The highest BCUT2D eigenvalue weighted by Gasteiger charge is 2.46. The Morgan fingerprint density at radius 1 is 1.11 bits per heavy atom. The monoisotopic (exact) mass is 503 g/mol. The molecule has 1 aliphatic carbocycles. The number of amides is 1. The zero-order valence-electron chi connectivity index (χ0n) is 21.8. The zero-order valence-corrected chi connectivity index (χ0v) is 21.8. The van der Waals surface area contributed by atoms with Gasteiger partial charge in [-0.15, -0.1) is 0 Å². The number of pyridine rings is 1. The van der Waals surface area contributed by atoms with Crippen molar-refractivity contribution in [3.63, 3.8) is 0 Å². The van der Waals surface area contributed by atoms with Crippen LogP contribution in [0.2, 0.25) is 0 Å². The molecular formula is C28H34FN7O. The first-order chi connectivity index (χ1) is 17.7. The van der Waals surface area contributed by atoms with E-state index in [4.69, 9.17) is 0 Å². The minimum atomic E-state index is -0.482. The number of hydrogen-bond acceptors (Lipinski definition) is 7. The minimum absolute atomic E-state index is 0.0424. The van der Waals surface area contributed by atoms with Crippen molar-refractivity contribution in [3.8, 4) is 0 Å². The number of anilines is 4. The first-order valence-electron chi connectivity index (χ1n) is 12.8. The van der Waals surface area contributed by atoms with Crippen LogP contribution in [0.5, 0.6) is 0 Å². The molecule has 194 valence electrons. The molecule has 0 radical (unpaired) electrons. The Morgan fingerprint density at radius 2 is 1.89 bits per heavy atom. The SMILES string of the molecule is CC(C)NC(=O)c1cnc(Nc2ccc3c(c2)CCNC3(C)C)nc1Nc1ccnc(C2(CF)CC2)c1. The molecule has 0 unspecified atom stereocenters. The predicted molar refractivity (Wildman–Crippen MR) is 143 cm³/mol. The maximum absolute atomic E-state index is 13.6. The number of rotatable bonds is 8. The molecule has 0 spiro atoms. The lowest BCUT2D eigenvalue weighted by Crippen LogP contribution is -2.42. The maximum Gasteiger partial charge on any atom is 0.256 e. The summed E-state index contributed by atoms with van der Waals surface area (Å²) in [5, 5.41) is 13.0. The lowest BCUT2D eigenvalue weighted by molar-refractivity contribution is 0.0943. The van der Waals surface area contributed by atoms with Crippen molar-refractivity contribution in [2.75, 3.05) is 23.9 Å². The summed E-state index contributed by atoms with van der Waals surface area (Å²) in [7, 11) is 0. The van der Waals surface area contributed by atoms with E-state index < -0.39 is 12.1 Å². The van der Waals surface area contributed by atoms with Crippen LogP contribution in [0.3, 0.4) is 0 Å². The van der Waals surface area contributed by atoms with Gasteiger partial charge in [0.25, 0.3) is 5.91 Å². The molecule has 9 heteroatoms. The Hall–Kier alpha value is -3.59. The molecule has 8 nitrogen and oxygen atoms in total. The molecule has 0 bridgehead atoms. The van der Waals surface area contributed by atoms with Gasteiger partial charge in [-0.1, -0.05) is 6.07 Å². The Bertz CT molecular complexity index is 1320. The van der Waals surface area contributed by atoms with Crippen molar-refractivity contribution in [2.45, 2.75) is 64.0 Å². The molecule has 3 aromatic rings. The van der Waals surface area contributed by atoms with Crippen LogP contribution >= 0.6 is 0 Å². The predicted octanol–water partition coefficient (Wildman–Crippen LogP) is 4.88. The largest absolute Gasteiger partial charge is 0.350 e. The van der Waals surface area contributed by atoms with Crippen molar-refractivity contribution in [2.24, 2.45) is 0 Å². The van der Waals surface area contributed by atoms with Gasteiger partial charge in [0.15, 0.2) is 0 Å². The van der Waals surface area contributed by atoms with Crippen LogP contribution in [0, 0.1) is 0 Å². The molecule has 0 atom stereocenters. The van der Waals surface area contributed by atoms with Crippen LogP contribution in [0.25, 0.3) is 0 Å². The van der Waals surface area contributed by atoms with E-state index in [9.17, 15) is 9.18 Å². The number of benzene rings is 1. The molecule has 37 heavy (non-hydrogen) atoms.